The average molecular weight is 542 g/mol. The summed E-state index contributed by atoms with van der Waals surface area (Å²) in [5.41, 5.74) is 8.05. The maximum absolute atomic E-state index is 12.9. The smallest absolute Gasteiger partial charge is 0.337 e. The van der Waals surface area contributed by atoms with Gasteiger partial charge in [-0.15, -0.1) is 0 Å². The van der Waals surface area contributed by atoms with Gasteiger partial charge in [-0.05, 0) is 78.4 Å². The minimum absolute atomic E-state index is 0.606. The van der Waals surface area contributed by atoms with Gasteiger partial charge in [0.1, 0.15) is 0 Å². The van der Waals surface area contributed by atoms with Crippen LogP contribution >= 0.6 is 0 Å². The minimum Gasteiger partial charge on any atom is -0.479 e. The minimum atomic E-state index is -1.16. The largest absolute Gasteiger partial charge is 0.479 e. The lowest BCUT2D eigenvalue weighted by Gasteiger charge is -2.35. The number of anilines is 2. The fourth-order valence-electron chi connectivity index (χ4n) is 5.77. The first-order chi connectivity index (χ1) is 18.9. The van der Waals surface area contributed by atoms with Crippen molar-refractivity contribution in [2.24, 2.45) is 0 Å². The molecule has 4 aromatic rings. The number of hydrogen-bond donors (Lipinski definition) is 1. The number of carboxylic acids is 1. The summed E-state index contributed by atoms with van der Waals surface area (Å²) in [6.07, 6.45) is 2.59. The maximum atomic E-state index is 12.9. The van der Waals surface area contributed by atoms with Crippen molar-refractivity contribution in [3.63, 3.8) is 0 Å². The molecule has 40 heavy (non-hydrogen) atoms. The topological polar surface area (TPSA) is 83.7 Å². The van der Waals surface area contributed by atoms with Crippen molar-refractivity contribution in [2.75, 3.05) is 25.5 Å². The molecular formula is C32H39N5O3. The Morgan fingerprint density at radius 3 is 2.30 bits per heavy atom. The number of carboxylic acid groups (broad SMARTS) is 1. The summed E-state index contributed by atoms with van der Waals surface area (Å²) in [5, 5.41) is 11.6. The van der Waals surface area contributed by atoms with E-state index in [4.69, 9.17) is 14.7 Å². The maximum Gasteiger partial charge on any atom is 0.337 e. The van der Waals surface area contributed by atoms with Gasteiger partial charge in [-0.2, -0.15) is 0 Å². The Hall–Kier alpha value is -3.75. The molecule has 8 heteroatoms. The number of aromatic nitrogens is 3. The molecule has 1 aliphatic heterocycles. The Balaban J connectivity index is 1.82. The van der Waals surface area contributed by atoms with Gasteiger partial charge >= 0.3 is 5.97 Å². The lowest BCUT2D eigenvalue weighted by Crippen LogP contribution is -2.32. The van der Waals surface area contributed by atoms with Crippen LogP contribution in [0.5, 0.6) is 0 Å². The van der Waals surface area contributed by atoms with Gasteiger partial charge in [-0.1, -0.05) is 29.8 Å². The summed E-state index contributed by atoms with van der Waals surface area (Å²) in [5.74, 6) is -0.407. The van der Waals surface area contributed by atoms with Crippen molar-refractivity contribution in [2.45, 2.75) is 66.3 Å². The summed E-state index contributed by atoms with van der Waals surface area (Å²) in [6, 6.07) is 10.5. The van der Waals surface area contributed by atoms with Crippen LogP contribution in [0.25, 0.3) is 22.0 Å². The van der Waals surface area contributed by atoms with Crippen LogP contribution in [0.4, 0.5) is 11.6 Å². The number of carbonyl (C=O) groups is 1. The predicted molar refractivity (Wildman–Crippen MR) is 159 cm³/mol. The molecule has 5 rings (SSSR count). The number of benzene rings is 2. The van der Waals surface area contributed by atoms with Crippen LogP contribution in [0.1, 0.15) is 54.8 Å². The average Bonchev–Trinajstić information content (AvgIpc) is 3.21. The Labute approximate surface area is 236 Å². The molecule has 0 fully saturated rings. The Morgan fingerprint density at radius 1 is 1.07 bits per heavy atom. The standard InChI is InChI=1S/C32H39N5O3/c1-19-9-11-23(12-10-19)26-24-15-20(2)36-13-14-37(31-33-16-22(17-34-31)18-35(7)8)27(28(24)36)21(3)25(26)29(30(38)39)40-32(4,5)6/h9-12,15-17,29H,13-14,18H2,1-8H3,(H,38,39)/t29-/m0/s1. The molecule has 1 N–H and O–H groups in total. The van der Waals surface area contributed by atoms with E-state index in [-0.39, 0.29) is 0 Å². The van der Waals surface area contributed by atoms with Gasteiger partial charge in [-0.3, -0.25) is 0 Å². The van der Waals surface area contributed by atoms with Crippen molar-refractivity contribution in [1.29, 1.82) is 0 Å². The number of hydrogen-bond acceptors (Lipinski definition) is 6. The van der Waals surface area contributed by atoms with Gasteiger partial charge in [0, 0.05) is 54.2 Å². The SMILES string of the molecule is Cc1ccc(-c2c([C@H](OC(C)(C)C)C(=O)O)c(C)c3c4c2cc(C)n4CCN3c2ncc(CN(C)C)cn2)cc1. The van der Waals surface area contributed by atoms with E-state index in [1.807, 2.05) is 54.2 Å². The second-order valence-corrected chi connectivity index (χ2v) is 12.1. The summed E-state index contributed by atoms with van der Waals surface area (Å²) in [6.45, 7) is 14.1. The molecule has 0 saturated carbocycles. The highest BCUT2D eigenvalue weighted by Crippen LogP contribution is 2.49. The first-order valence-electron chi connectivity index (χ1n) is 13.7. The van der Waals surface area contributed by atoms with E-state index in [9.17, 15) is 9.90 Å². The molecule has 2 aromatic heterocycles. The Bertz CT molecular complexity index is 1560. The van der Waals surface area contributed by atoms with Crippen LogP contribution in [0.15, 0.2) is 42.7 Å². The van der Waals surface area contributed by atoms with E-state index in [2.05, 4.69) is 58.5 Å². The molecule has 0 bridgehead atoms. The number of rotatable bonds is 7. The number of ether oxygens (including phenoxy) is 1. The van der Waals surface area contributed by atoms with E-state index in [0.717, 1.165) is 63.2 Å². The molecule has 8 nitrogen and oxygen atoms in total. The summed E-state index contributed by atoms with van der Waals surface area (Å²) < 4.78 is 8.62. The molecule has 3 heterocycles. The van der Waals surface area contributed by atoms with Crippen LogP contribution in [-0.2, 0) is 22.6 Å². The fourth-order valence-corrected chi connectivity index (χ4v) is 5.77. The van der Waals surface area contributed by atoms with E-state index in [1.165, 1.54) is 0 Å². The molecule has 0 aliphatic carbocycles. The van der Waals surface area contributed by atoms with Crippen molar-refractivity contribution >= 4 is 28.5 Å². The first-order valence-corrected chi connectivity index (χ1v) is 13.7. The van der Waals surface area contributed by atoms with E-state index in [1.54, 1.807) is 0 Å². The molecule has 0 amide bonds. The predicted octanol–water partition coefficient (Wildman–Crippen LogP) is 6.18. The Kier molecular flexibility index (Phi) is 7.18. The third kappa shape index (κ3) is 5.09. The van der Waals surface area contributed by atoms with Crippen molar-refractivity contribution in [3.8, 4) is 11.1 Å². The number of nitrogens with zero attached hydrogens (tertiary/aromatic N) is 5. The van der Waals surface area contributed by atoms with Crippen molar-refractivity contribution in [3.05, 3.63) is 70.7 Å². The highest BCUT2D eigenvalue weighted by Gasteiger charge is 2.36. The van der Waals surface area contributed by atoms with Gasteiger partial charge in [-0.25, -0.2) is 14.8 Å². The van der Waals surface area contributed by atoms with Crippen LogP contribution in [0.3, 0.4) is 0 Å². The molecule has 210 valence electrons. The van der Waals surface area contributed by atoms with Crippen LogP contribution in [-0.4, -0.2) is 56.8 Å². The highest BCUT2D eigenvalue weighted by molar-refractivity contribution is 6.08. The first kappa shape index (κ1) is 27.8. The van der Waals surface area contributed by atoms with Gasteiger partial charge in [0.25, 0.3) is 0 Å². The zero-order valence-corrected chi connectivity index (χ0v) is 24.7. The molecule has 0 unspecified atom stereocenters. The second-order valence-electron chi connectivity index (χ2n) is 12.1. The lowest BCUT2D eigenvalue weighted by molar-refractivity contribution is -0.160. The van der Waals surface area contributed by atoms with Gasteiger partial charge in [0.05, 0.1) is 16.8 Å². The third-order valence-electron chi connectivity index (χ3n) is 7.37. The van der Waals surface area contributed by atoms with Crippen LogP contribution < -0.4 is 4.90 Å². The van der Waals surface area contributed by atoms with Gasteiger partial charge in [0.15, 0.2) is 6.10 Å². The normalized spacial score (nSPS) is 14.3. The van der Waals surface area contributed by atoms with E-state index >= 15 is 0 Å². The zero-order chi connectivity index (χ0) is 28.9. The lowest BCUT2D eigenvalue weighted by atomic mass is 9.87. The molecule has 1 atom stereocenters. The fraction of sp³-hybridized carbons (Fsp3) is 0.406. The van der Waals surface area contributed by atoms with Crippen molar-refractivity contribution < 1.29 is 14.6 Å². The van der Waals surface area contributed by atoms with E-state index < -0.39 is 17.7 Å². The summed E-state index contributed by atoms with van der Waals surface area (Å²) in [7, 11) is 4.04. The molecule has 0 spiro atoms. The van der Waals surface area contributed by atoms with Crippen molar-refractivity contribution in [1.82, 2.24) is 19.4 Å². The number of aliphatic carboxylic acids is 1. The second kappa shape index (κ2) is 10.3. The molecular weight excluding hydrogens is 502 g/mol. The molecule has 0 saturated heterocycles. The van der Waals surface area contributed by atoms with E-state index in [0.29, 0.717) is 18.1 Å². The summed E-state index contributed by atoms with van der Waals surface area (Å²) >= 11 is 0. The van der Waals surface area contributed by atoms with Crippen LogP contribution in [0, 0.1) is 20.8 Å². The Morgan fingerprint density at radius 2 is 1.73 bits per heavy atom. The summed E-state index contributed by atoms with van der Waals surface area (Å²) in [4.78, 5) is 26.6. The molecule has 2 aromatic carbocycles. The third-order valence-corrected chi connectivity index (χ3v) is 7.37. The monoisotopic (exact) mass is 541 g/mol. The zero-order valence-electron chi connectivity index (χ0n) is 24.7. The van der Waals surface area contributed by atoms with Gasteiger partial charge in [0.2, 0.25) is 5.95 Å². The molecule has 0 radical (unpaired) electrons. The van der Waals surface area contributed by atoms with Gasteiger partial charge < -0.3 is 24.2 Å². The quantitative estimate of drug-likeness (QED) is 0.299. The molecule has 1 aliphatic rings. The number of aryl methyl sites for hydroxylation is 2. The highest BCUT2D eigenvalue weighted by atomic mass is 16.5. The van der Waals surface area contributed by atoms with Crippen LogP contribution in [0.2, 0.25) is 0 Å².